The van der Waals surface area contributed by atoms with Gasteiger partial charge in [-0.05, 0) is 61.8 Å². The second kappa shape index (κ2) is 17.9. The number of hydrogen-bond acceptors (Lipinski definition) is 10. The third kappa shape index (κ3) is 16.7. The van der Waals surface area contributed by atoms with Crippen LogP contribution in [0.4, 0.5) is 0 Å². The Morgan fingerprint density at radius 3 is 0.917 bits per heavy atom. The number of benzene rings is 1. The number of aromatic nitrogens is 6. The number of hydrogen-bond donors (Lipinski definition) is 0. The zero-order chi connectivity index (χ0) is 35.9. The lowest BCUT2D eigenvalue weighted by Gasteiger charge is -2.19. The van der Waals surface area contributed by atoms with Gasteiger partial charge >= 0.3 is 0 Å². The molecule has 0 N–H and O–H groups in total. The molecule has 0 radical (unpaired) electrons. The standard InChI is InChI=1S/C36H54Br2N6S4/c1-33(2,3)45-29-39-27(40-30(43-29)46-34(4,5)6)19-15-13-17-23-21-26(38)24(22-25(23)37)18-14-16-20-28-41-31(47-35(7,8)9)44-32(42-28)48-36(10,11)12/h21-22H,13-20H2,1-12H3. The monoisotopic (exact) mass is 856 g/mol. The third-order valence-electron chi connectivity index (χ3n) is 6.28. The minimum atomic E-state index is 0.0482. The summed E-state index contributed by atoms with van der Waals surface area (Å²) in [6.07, 6.45) is 7.89. The van der Waals surface area contributed by atoms with Crippen LogP contribution in [-0.4, -0.2) is 48.9 Å². The first-order chi connectivity index (χ1) is 22.0. The maximum atomic E-state index is 4.83. The summed E-state index contributed by atoms with van der Waals surface area (Å²) < 4.78 is 2.55. The summed E-state index contributed by atoms with van der Waals surface area (Å²) >= 11 is 14.6. The largest absolute Gasteiger partial charge is 0.207 e. The zero-order valence-electron chi connectivity index (χ0n) is 30.9. The van der Waals surface area contributed by atoms with Gasteiger partial charge in [0.1, 0.15) is 11.6 Å². The molecule has 0 unspecified atom stereocenters. The molecule has 48 heavy (non-hydrogen) atoms. The van der Waals surface area contributed by atoms with E-state index in [1.165, 1.54) is 20.1 Å². The molecule has 0 amide bonds. The molecule has 0 spiro atoms. The van der Waals surface area contributed by atoms with Crippen molar-refractivity contribution in [1.82, 2.24) is 29.9 Å². The minimum absolute atomic E-state index is 0.0482. The SMILES string of the molecule is CC(C)(C)Sc1nc(CCCCc2cc(Br)c(CCCCc3nc(SC(C)(C)C)nc(SC(C)(C)C)n3)cc2Br)nc(SC(C)(C)C)n1. The fourth-order valence-electron chi connectivity index (χ4n) is 4.47. The normalized spacial score (nSPS) is 13.0. The topological polar surface area (TPSA) is 77.3 Å². The Morgan fingerprint density at radius 2 is 0.667 bits per heavy atom. The molecule has 0 aliphatic carbocycles. The average Bonchev–Trinajstić information content (AvgIpc) is 2.87. The molecule has 266 valence electrons. The highest BCUT2D eigenvalue weighted by molar-refractivity contribution is 9.11. The van der Waals surface area contributed by atoms with E-state index in [-0.39, 0.29) is 19.0 Å². The maximum absolute atomic E-state index is 4.83. The van der Waals surface area contributed by atoms with Crippen LogP contribution in [-0.2, 0) is 25.7 Å². The molecule has 2 aromatic heterocycles. The maximum Gasteiger partial charge on any atom is 0.192 e. The lowest BCUT2D eigenvalue weighted by molar-refractivity contribution is 0.654. The molecule has 0 bridgehead atoms. The molecule has 6 nitrogen and oxygen atoms in total. The quantitative estimate of drug-likeness (QED) is 0.116. The molecule has 0 aliphatic rings. The highest BCUT2D eigenvalue weighted by atomic mass is 79.9. The third-order valence-corrected chi connectivity index (χ3v) is 11.7. The number of nitrogens with zero attached hydrogens (tertiary/aromatic N) is 6. The van der Waals surface area contributed by atoms with E-state index in [2.05, 4.69) is 127 Å². The highest BCUT2D eigenvalue weighted by Crippen LogP contribution is 2.35. The van der Waals surface area contributed by atoms with Gasteiger partial charge in [-0.3, -0.25) is 0 Å². The van der Waals surface area contributed by atoms with Gasteiger partial charge in [0, 0.05) is 40.8 Å². The summed E-state index contributed by atoms with van der Waals surface area (Å²) in [6, 6.07) is 4.58. The summed E-state index contributed by atoms with van der Waals surface area (Å²) in [4.78, 5) is 28.8. The smallest absolute Gasteiger partial charge is 0.192 e. The van der Waals surface area contributed by atoms with Crippen LogP contribution in [0.5, 0.6) is 0 Å². The Labute approximate surface area is 324 Å². The summed E-state index contributed by atoms with van der Waals surface area (Å²) in [6.45, 7) is 26.4. The van der Waals surface area contributed by atoms with E-state index in [1.54, 1.807) is 47.0 Å². The van der Waals surface area contributed by atoms with Crippen LogP contribution in [0, 0.1) is 0 Å². The summed E-state index contributed by atoms with van der Waals surface area (Å²) in [5.74, 6) is 1.79. The van der Waals surface area contributed by atoms with Crippen molar-refractivity contribution < 1.29 is 0 Å². The molecular weight excluding hydrogens is 805 g/mol. The van der Waals surface area contributed by atoms with Crippen molar-refractivity contribution in [1.29, 1.82) is 0 Å². The first-order valence-electron chi connectivity index (χ1n) is 16.8. The van der Waals surface area contributed by atoms with Gasteiger partial charge in [0.15, 0.2) is 20.6 Å². The Morgan fingerprint density at radius 1 is 0.417 bits per heavy atom. The van der Waals surface area contributed by atoms with E-state index in [0.29, 0.717) is 0 Å². The van der Waals surface area contributed by atoms with Crippen molar-refractivity contribution in [2.45, 2.75) is 174 Å². The van der Waals surface area contributed by atoms with E-state index in [4.69, 9.17) is 29.9 Å². The number of rotatable bonds is 14. The Kier molecular flexibility index (Phi) is 15.7. The van der Waals surface area contributed by atoms with Crippen molar-refractivity contribution in [2.75, 3.05) is 0 Å². The van der Waals surface area contributed by atoms with Crippen LogP contribution in [0.25, 0.3) is 0 Å². The second-order valence-electron chi connectivity index (χ2n) is 15.9. The van der Waals surface area contributed by atoms with Crippen molar-refractivity contribution in [3.05, 3.63) is 43.9 Å². The predicted octanol–water partition coefficient (Wildman–Crippen LogP) is 12.3. The van der Waals surface area contributed by atoms with E-state index in [1.807, 2.05) is 0 Å². The van der Waals surface area contributed by atoms with Crippen LogP contribution in [0.2, 0.25) is 0 Å². The molecule has 1 aromatic carbocycles. The van der Waals surface area contributed by atoms with Crippen LogP contribution in [0.15, 0.2) is 41.7 Å². The Hall–Kier alpha value is -0.400. The fourth-order valence-corrected chi connectivity index (χ4v) is 9.08. The summed E-state index contributed by atoms with van der Waals surface area (Å²) in [5, 5.41) is 3.29. The van der Waals surface area contributed by atoms with Gasteiger partial charge in [-0.25, -0.2) is 19.9 Å². The van der Waals surface area contributed by atoms with E-state index in [9.17, 15) is 0 Å². The molecule has 0 aliphatic heterocycles. The number of aryl methyl sites for hydroxylation is 4. The molecule has 3 rings (SSSR count). The van der Waals surface area contributed by atoms with Gasteiger partial charge in [-0.1, -0.05) is 162 Å². The van der Waals surface area contributed by atoms with E-state index in [0.717, 1.165) is 83.6 Å². The molecule has 0 fully saturated rings. The van der Waals surface area contributed by atoms with Crippen LogP contribution in [0.3, 0.4) is 0 Å². The van der Waals surface area contributed by atoms with Gasteiger partial charge in [0.2, 0.25) is 0 Å². The molecule has 3 aromatic rings. The lowest BCUT2D eigenvalue weighted by Crippen LogP contribution is -2.13. The van der Waals surface area contributed by atoms with Crippen LogP contribution < -0.4 is 0 Å². The van der Waals surface area contributed by atoms with Crippen molar-refractivity contribution in [3.8, 4) is 0 Å². The zero-order valence-corrected chi connectivity index (χ0v) is 37.3. The summed E-state index contributed by atoms with van der Waals surface area (Å²) in [5.41, 5.74) is 2.65. The Bertz CT molecular complexity index is 1330. The van der Waals surface area contributed by atoms with Crippen molar-refractivity contribution in [3.63, 3.8) is 0 Å². The minimum Gasteiger partial charge on any atom is -0.207 e. The van der Waals surface area contributed by atoms with Crippen LogP contribution in [0.1, 0.15) is 132 Å². The molecule has 0 atom stereocenters. The van der Waals surface area contributed by atoms with E-state index < -0.39 is 0 Å². The van der Waals surface area contributed by atoms with Crippen LogP contribution >= 0.6 is 78.9 Å². The first-order valence-corrected chi connectivity index (χ1v) is 21.6. The van der Waals surface area contributed by atoms with Gasteiger partial charge in [-0.15, -0.1) is 0 Å². The molecule has 2 heterocycles. The molecular formula is C36H54Br2N6S4. The number of thioether (sulfide) groups is 4. The first kappa shape index (κ1) is 42.0. The highest BCUT2D eigenvalue weighted by Gasteiger charge is 2.21. The predicted molar refractivity (Wildman–Crippen MR) is 217 cm³/mol. The molecule has 0 saturated carbocycles. The number of halogens is 2. The van der Waals surface area contributed by atoms with E-state index >= 15 is 0 Å². The number of unbranched alkanes of at least 4 members (excludes halogenated alkanes) is 2. The van der Waals surface area contributed by atoms with Gasteiger partial charge in [0.05, 0.1) is 0 Å². The molecule has 0 saturated heterocycles. The second-order valence-corrected chi connectivity index (χ2v) is 24.8. The summed E-state index contributed by atoms with van der Waals surface area (Å²) in [7, 11) is 0. The lowest BCUT2D eigenvalue weighted by atomic mass is 10.0. The van der Waals surface area contributed by atoms with Crippen molar-refractivity contribution >= 4 is 78.9 Å². The molecule has 12 heteroatoms. The fraction of sp³-hybridized carbons (Fsp3) is 0.667. The Balaban J connectivity index is 1.56. The van der Waals surface area contributed by atoms with Gasteiger partial charge in [0.25, 0.3) is 0 Å². The average molecular weight is 859 g/mol. The van der Waals surface area contributed by atoms with Crippen molar-refractivity contribution in [2.24, 2.45) is 0 Å². The van der Waals surface area contributed by atoms with Gasteiger partial charge < -0.3 is 0 Å². The van der Waals surface area contributed by atoms with Gasteiger partial charge in [-0.2, -0.15) is 9.97 Å².